The summed E-state index contributed by atoms with van der Waals surface area (Å²) in [6.45, 7) is 12.8. The molecular weight excluding hydrogens is 364 g/mol. The minimum absolute atomic E-state index is 0.0147. The van der Waals surface area contributed by atoms with E-state index in [1.54, 1.807) is 0 Å². The van der Waals surface area contributed by atoms with E-state index in [1.807, 2.05) is 6.92 Å². The summed E-state index contributed by atoms with van der Waals surface area (Å²) in [5.41, 5.74) is 2.83. The zero-order chi connectivity index (χ0) is 21.2. The molecule has 29 heavy (non-hydrogen) atoms. The maximum Gasteiger partial charge on any atom is 0.407 e. The molecule has 5 nitrogen and oxygen atoms in total. The number of amides is 2. The average molecular weight is 399 g/mol. The topological polar surface area (TPSA) is 58.6 Å². The number of nitrogens with one attached hydrogen (secondary N) is 1. The van der Waals surface area contributed by atoms with Crippen LogP contribution in [0.2, 0.25) is 0 Å². The van der Waals surface area contributed by atoms with E-state index in [2.05, 4.69) is 66.9 Å². The highest BCUT2D eigenvalue weighted by Gasteiger charge is 2.67. The van der Waals surface area contributed by atoms with Gasteiger partial charge in [-0.2, -0.15) is 0 Å². The molecule has 5 heteroatoms. The molecule has 1 aromatic rings. The SMILES string of the molecule is COC(=O)NC1(C)CC(C(=O)N2C[C@H]3[C@H](c4cccc(C(C)(C)C)c4)[C@@]3(C)C2)C1. The Morgan fingerprint density at radius 3 is 2.45 bits per heavy atom. The number of methoxy groups -OCH3 is 1. The van der Waals surface area contributed by atoms with Crippen molar-refractivity contribution in [2.45, 2.75) is 64.3 Å². The number of fused-ring (bicyclic) bond motifs is 1. The first-order chi connectivity index (χ1) is 13.5. The van der Waals surface area contributed by atoms with Gasteiger partial charge in [0.2, 0.25) is 5.91 Å². The summed E-state index contributed by atoms with van der Waals surface area (Å²) in [5.74, 6) is 1.38. The summed E-state index contributed by atoms with van der Waals surface area (Å²) in [6, 6.07) is 9.03. The number of alkyl carbamates (subject to hydrolysis) is 1. The van der Waals surface area contributed by atoms with Crippen LogP contribution in [0.1, 0.15) is 64.5 Å². The van der Waals surface area contributed by atoms with Gasteiger partial charge in [0.05, 0.1) is 7.11 Å². The number of hydrogen-bond acceptors (Lipinski definition) is 3. The molecule has 0 aromatic heterocycles. The van der Waals surface area contributed by atoms with E-state index < -0.39 is 6.09 Å². The highest BCUT2D eigenvalue weighted by molar-refractivity contribution is 5.81. The number of nitrogens with zero attached hydrogens (tertiary/aromatic N) is 1. The number of ether oxygens (including phenoxy) is 1. The molecule has 1 aromatic carbocycles. The van der Waals surface area contributed by atoms with Gasteiger partial charge in [-0.1, -0.05) is 52.0 Å². The Labute approximate surface area is 174 Å². The van der Waals surface area contributed by atoms with Gasteiger partial charge in [0.15, 0.2) is 0 Å². The molecule has 0 radical (unpaired) electrons. The van der Waals surface area contributed by atoms with Crippen LogP contribution in [0, 0.1) is 17.3 Å². The van der Waals surface area contributed by atoms with Gasteiger partial charge in [0.25, 0.3) is 0 Å². The summed E-state index contributed by atoms with van der Waals surface area (Å²) in [5, 5.41) is 2.86. The van der Waals surface area contributed by atoms with E-state index in [-0.39, 0.29) is 28.2 Å². The fourth-order valence-corrected chi connectivity index (χ4v) is 5.74. The number of benzene rings is 1. The van der Waals surface area contributed by atoms with Crippen LogP contribution in [0.15, 0.2) is 24.3 Å². The van der Waals surface area contributed by atoms with Crippen LogP contribution in [-0.2, 0) is 14.9 Å². The van der Waals surface area contributed by atoms with Crippen LogP contribution in [0.3, 0.4) is 0 Å². The molecule has 2 aliphatic carbocycles. The lowest BCUT2D eigenvalue weighted by Gasteiger charge is -2.45. The van der Waals surface area contributed by atoms with E-state index in [1.165, 1.54) is 18.2 Å². The van der Waals surface area contributed by atoms with Crippen molar-refractivity contribution in [3.63, 3.8) is 0 Å². The predicted octanol–water partition coefficient (Wildman–Crippen LogP) is 4.07. The summed E-state index contributed by atoms with van der Waals surface area (Å²) in [7, 11) is 1.37. The Kier molecular flexibility index (Phi) is 4.52. The first-order valence-corrected chi connectivity index (χ1v) is 10.7. The van der Waals surface area contributed by atoms with E-state index in [0.717, 1.165) is 13.1 Å². The van der Waals surface area contributed by atoms with Gasteiger partial charge in [-0.05, 0) is 53.6 Å². The van der Waals surface area contributed by atoms with Crippen molar-refractivity contribution in [1.29, 1.82) is 0 Å². The third-order valence-electron chi connectivity index (χ3n) is 7.56. The number of carbonyl (C=O) groups excluding carboxylic acids is 2. The van der Waals surface area contributed by atoms with Crippen molar-refractivity contribution in [2.24, 2.45) is 17.3 Å². The lowest BCUT2D eigenvalue weighted by Crippen LogP contribution is -2.58. The fraction of sp³-hybridized carbons (Fsp3) is 0.667. The van der Waals surface area contributed by atoms with Crippen molar-refractivity contribution >= 4 is 12.0 Å². The highest BCUT2D eigenvalue weighted by Crippen LogP contribution is 2.68. The molecule has 3 fully saturated rings. The molecule has 4 rings (SSSR count). The van der Waals surface area contributed by atoms with Crippen molar-refractivity contribution in [3.05, 3.63) is 35.4 Å². The number of carbonyl (C=O) groups is 2. The molecule has 1 saturated heterocycles. The van der Waals surface area contributed by atoms with Gasteiger partial charge in [0, 0.05) is 24.5 Å². The summed E-state index contributed by atoms with van der Waals surface area (Å²) in [6.07, 6.45) is 0.958. The zero-order valence-corrected chi connectivity index (χ0v) is 18.5. The molecule has 0 unspecified atom stereocenters. The Balaban J connectivity index is 1.36. The van der Waals surface area contributed by atoms with Crippen LogP contribution in [0.25, 0.3) is 0 Å². The van der Waals surface area contributed by atoms with E-state index in [9.17, 15) is 9.59 Å². The minimum atomic E-state index is -0.423. The minimum Gasteiger partial charge on any atom is -0.453 e. The van der Waals surface area contributed by atoms with Gasteiger partial charge < -0.3 is 15.0 Å². The molecule has 2 amide bonds. The van der Waals surface area contributed by atoms with Crippen molar-refractivity contribution < 1.29 is 14.3 Å². The molecule has 3 atom stereocenters. The maximum absolute atomic E-state index is 13.0. The van der Waals surface area contributed by atoms with Gasteiger partial charge in [-0.3, -0.25) is 4.79 Å². The molecule has 2 saturated carbocycles. The summed E-state index contributed by atoms with van der Waals surface area (Å²) >= 11 is 0. The highest BCUT2D eigenvalue weighted by atomic mass is 16.5. The Morgan fingerprint density at radius 2 is 1.90 bits per heavy atom. The van der Waals surface area contributed by atoms with E-state index >= 15 is 0 Å². The summed E-state index contributed by atoms with van der Waals surface area (Å²) in [4.78, 5) is 26.5. The van der Waals surface area contributed by atoms with Crippen molar-refractivity contribution in [2.75, 3.05) is 20.2 Å². The lowest BCUT2D eigenvalue weighted by atomic mass is 9.69. The molecule has 0 bridgehead atoms. The molecule has 0 spiro atoms. The second-order valence-electron chi connectivity index (χ2n) is 11.0. The van der Waals surface area contributed by atoms with Crippen LogP contribution in [0.5, 0.6) is 0 Å². The third-order valence-corrected chi connectivity index (χ3v) is 7.56. The number of hydrogen-bond donors (Lipinski definition) is 1. The quantitative estimate of drug-likeness (QED) is 0.835. The first kappa shape index (κ1) is 20.2. The monoisotopic (exact) mass is 398 g/mol. The largest absolute Gasteiger partial charge is 0.453 e. The molecule has 1 N–H and O–H groups in total. The maximum atomic E-state index is 13.0. The third kappa shape index (κ3) is 3.43. The van der Waals surface area contributed by atoms with Gasteiger partial charge >= 0.3 is 6.09 Å². The molecule has 158 valence electrons. The Morgan fingerprint density at radius 1 is 1.21 bits per heavy atom. The van der Waals surface area contributed by atoms with Crippen LogP contribution in [-0.4, -0.2) is 42.6 Å². The molecule has 3 aliphatic rings. The number of rotatable bonds is 3. The van der Waals surface area contributed by atoms with Crippen molar-refractivity contribution in [1.82, 2.24) is 10.2 Å². The molecular formula is C24H34N2O3. The van der Waals surface area contributed by atoms with Gasteiger partial charge in [-0.25, -0.2) is 4.79 Å². The fourth-order valence-electron chi connectivity index (χ4n) is 5.74. The average Bonchev–Trinajstić information content (AvgIpc) is 3.03. The Bertz CT molecular complexity index is 837. The van der Waals surface area contributed by atoms with Crippen LogP contribution >= 0.6 is 0 Å². The van der Waals surface area contributed by atoms with E-state index in [0.29, 0.717) is 24.7 Å². The van der Waals surface area contributed by atoms with E-state index in [4.69, 9.17) is 0 Å². The normalized spacial score (nSPS) is 35.5. The molecule has 1 heterocycles. The second kappa shape index (κ2) is 6.48. The standard InChI is InChI=1S/C24H34N2O3/c1-22(2,3)17-9-7-8-15(10-17)19-18-13-26(14-24(18,19)5)20(27)16-11-23(4,12-16)25-21(28)29-6/h7-10,16,18-19H,11-14H2,1-6H3,(H,25,28)/t16?,18-,19-,23?,24-/m0/s1. The van der Waals surface area contributed by atoms with Gasteiger partial charge in [-0.15, -0.1) is 0 Å². The molecule has 1 aliphatic heterocycles. The number of piperidine rings is 1. The zero-order valence-electron chi connectivity index (χ0n) is 18.5. The smallest absolute Gasteiger partial charge is 0.407 e. The second-order valence-corrected chi connectivity index (χ2v) is 11.0. The predicted molar refractivity (Wildman–Crippen MR) is 113 cm³/mol. The van der Waals surface area contributed by atoms with Gasteiger partial charge in [0.1, 0.15) is 0 Å². The van der Waals surface area contributed by atoms with Crippen molar-refractivity contribution in [3.8, 4) is 0 Å². The number of likely N-dealkylation sites (tertiary alicyclic amines) is 1. The lowest BCUT2D eigenvalue weighted by molar-refractivity contribution is -0.140. The van der Waals surface area contributed by atoms with Crippen LogP contribution < -0.4 is 5.32 Å². The summed E-state index contributed by atoms with van der Waals surface area (Å²) < 4.78 is 4.69. The van der Waals surface area contributed by atoms with Crippen LogP contribution in [0.4, 0.5) is 4.79 Å². The first-order valence-electron chi connectivity index (χ1n) is 10.7. The Hall–Kier alpha value is -2.04.